The van der Waals surface area contributed by atoms with Crippen molar-refractivity contribution >= 4 is 49.7 Å². The largest absolute Gasteiger partial charge is 2.00 e. The first-order valence-corrected chi connectivity index (χ1v) is 3.74. The molecule has 0 fully saturated rings. The third kappa shape index (κ3) is 39.3. The van der Waals surface area contributed by atoms with Gasteiger partial charge in [0, 0.05) is 5.97 Å². The van der Waals surface area contributed by atoms with E-state index in [9.17, 15) is 19.8 Å². The third-order valence-corrected chi connectivity index (χ3v) is 0.825. The molecule has 0 atom stereocenters. The molecule has 0 aromatic heterocycles. The number of carboxylic acids is 2. The van der Waals surface area contributed by atoms with Crippen molar-refractivity contribution in [2.45, 2.75) is 20.3 Å². The van der Waals surface area contributed by atoms with Crippen LogP contribution in [0.3, 0.4) is 0 Å². The summed E-state index contributed by atoms with van der Waals surface area (Å²) in [5, 5.41) is 18.9. The van der Waals surface area contributed by atoms with E-state index in [2.05, 4.69) is 0 Å². The summed E-state index contributed by atoms with van der Waals surface area (Å²) in [5.74, 6) is -2.16. The topological polar surface area (TPSA) is 80.3 Å². The Bertz CT molecular complexity index is 214. The molecule has 0 amide bonds. The Morgan fingerprint density at radius 3 is 1.80 bits per heavy atom. The standard InChI is InChI=1S/C6H8O2.C3H6O2.Ca.K/c1-2-3-4-5-6(7)8;1-2-3(4)5;;/h2-5H,1H3,(H,7,8);2H2,1H3,(H,4,5);;/q;;+2;+1/p-2. The zero-order valence-corrected chi connectivity index (χ0v) is 14.7. The minimum Gasteiger partial charge on any atom is -0.550 e. The van der Waals surface area contributed by atoms with Crippen LogP contribution in [0.2, 0.25) is 0 Å². The SMILES string of the molecule is CC=CC=CC(=O)[O-].CCC(=O)[O-].[Ca+2].[K+]. The monoisotopic (exact) mass is 263 g/mol. The van der Waals surface area contributed by atoms with Gasteiger partial charge in [-0.05, 0) is 19.4 Å². The molecule has 0 N–H and O–H groups in total. The van der Waals surface area contributed by atoms with E-state index in [1.54, 1.807) is 19.1 Å². The Morgan fingerprint density at radius 1 is 1.20 bits per heavy atom. The Morgan fingerprint density at radius 2 is 1.60 bits per heavy atom. The van der Waals surface area contributed by atoms with Gasteiger partial charge in [-0.2, -0.15) is 0 Å². The maximum atomic E-state index is 9.64. The van der Waals surface area contributed by atoms with E-state index >= 15 is 0 Å². The van der Waals surface area contributed by atoms with Crippen LogP contribution in [-0.2, 0) is 9.59 Å². The van der Waals surface area contributed by atoms with Gasteiger partial charge in [-0.1, -0.05) is 25.2 Å². The predicted molar refractivity (Wildman–Crippen MR) is 50.0 cm³/mol. The molecular weight excluding hydrogens is 251 g/mol. The zero-order chi connectivity index (χ0) is 10.7. The average Bonchev–Trinajstić information content (AvgIpc) is 2.05. The second kappa shape index (κ2) is 20.7. The third-order valence-electron chi connectivity index (χ3n) is 0.825. The summed E-state index contributed by atoms with van der Waals surface area (Å²) in [7, 11) is 0. The molecule has 0 radical (unpaired) electrons. The fourth-order valence-corrected chi connectivity index (χ4v) is 0.245. The van der Waals surface area contributed by atoms with Crippen molar-refractivity contribution in [1.82, 2.24) is 0 Å². The summed E-state index contributed by atoms with van der Waals surface area (Å²) in [6, 6.07) is 0. The fourth-order valence-electron chi connectivity index (χ4n) is 0.245. The molecule has 0 aromatic carbocycles. The van der Waals surface area contributed by atoms with Crippen LogP contribution in [0.1, 0.15) is 20.3 Å². The van der Waals surface area contributed by atoms with Crippen molar-refractivity contribution in [3.63, 3.8) is 0 Å². The van der Waals surface area contributed by atoms with Gasteiger partial charge in [-0.15, -0.1) is 0 Å². The van der Waals surface area contributed by atoms with Crippen LogP contribution in [0.15, 0.2) is 24.3 Å². The number of carbonyl (C=O) groups is 2. The number of hydrogen-bond acceptors (Lipinski definition) is 4. The van der Waals surface area contributed by atoms with E-state index in [-0.39, 0.29) is 95.5 Å². The number of rotatable bonds is 3. The molecule has 0 aliphatic rings. The zero-order valence-electron chi connectivity index (χ0n) is 9.36. The second-order valence-electron chi connectivity index (χ2n) is 1.93. The van der Waals surface area contributed by atoms with E-state index < -0.39 is 11.9 Å². The Hall–Kier alpha value is 1.32. The number of aliphatic carboxylic acids is 2. The van der Waals surface area contributed by atoms with Crippen molar-refractivity contribution < 1.29 is 71.2 Å². The second-order valence-corrected chi connectivity index (χ2v) is 1.93. The maximum absolute atomic E-state index is 9.64. The van der Waals surface area contributed by atoms with Gasteiger partial charge in [0.1, 0.15) is 0 Å². The van der Waals surface area contributed by atoms with Crippen molar-refractivity contribution in [2.75, 3.05) is 0 Å². The van der Waals surface area contributed by atoms with E-state index in [1.165, 1.54) is 13.0 Å². The molecule has 6 heteroatoms. The Balaban J connectivity index is -0.0000000770. The van der Waals surface area contributed by atoms with Gasteiger partial charge < -0.3 is 19.8 Å². The van der Waals surface area contributed by atoms with Crippen LogP contribution in [0.25, 0.3) is 0 Å². The molecule has 0 unspecified atom stereocenters. The molecule has 0 rings (SSSR count). The molecule has 0 saturated carbocycles. The molecule has 0 aromatic rings. The normalized spacial score (nSPS) is 8.40. The summed E-state index contributed by atoms with van der Waals surface area (Å²) in [5.41, 5.74) is 0. The van der Waals surface area contributed by atoms with Gasteiger partial charge in [-0.3, -0.25) is 0 Å². The van der Waals surface area contributed by atoms with Crippen molar-refractivity contribution in [1.29, 1.82) is 0 Å². The van der Waals surface area contributed by atoms with E-state index in [1.807, 2.05) is 0 Å². The molecule has 74 valence electrons. The van der Waals surface area contributed by atoms with Crippen LogP contribution in [0.5, 0.6) is 0 Å². The summed E-state index contributed by atoms with van der Waals surface area (Å²) in [6.07, 6.45) is 5.85. The minimum absolute atomic E-state index is 0. The minimum atomic E-state index is -1.16. The van der Waals surface area contributed by atoms with E-state index in [0.29, 0.717) is 0 Å². The maximum Gasteiger partial charge on any atom is 2.00 e. The molecule has 0 spiro atoms. The van der Waals surface area contributed by atoms with Gasteiger partial charge >= 0.3 is 89.1 Å². The molecule has 0 aliphatic heterocycles. The first-order chi connectivity index (χ1) is 6.04. The predicted octanol–water partition coefficient (Wildman–Crippen LogP) is -4.36. The molecule has 15 heavy (non-hydrogen) atoms. The first-order valence-electron chi connectivity index (χ1n) is 3.74. The number of hydrogen-bond donors (Lipinski definition) is 0. The number of carboxylic acid groups (broad SMARTS) is 2. The van der Waals surface area contributed by atoms with Crippen LogP contribution in [0.4, 0.5) is 0 Å². The quantitative estimate of drug-likeness (QED) is 0.293. The molecule has 0 aliphatic carbocycles. The van der Waals surface area contributed by atoms with Crippen molar-refractivity contribution in [3.05, 3.63) is 24.3 Å². The number of carbonyl (C=O) groups excluding carboxylic acids is 2. The van der Waals surface area contributed by atoms with Crippen LogP contribution < -0.4 is 61.6 Å². The van der Waals surface area contributed by atoms with Gasteiger partial charge in [-0.25, -0.2) is 0 Å². The van der Waals surface area contributed by atoms with E-state index in [4.69, 9.17) is 0 Å². The first kappa shape index (κ1) is 25.2. The number of allylic oxidation sites excluding steroid dienone is 3. The Kier molecular flexibility index (Phi) is 34.8. The van der Waals surface area contributed by atoms with E-state index in [0.717, 1.165) is 6.08 Å². The summed E-state index contributed by atoms with van der Waals surface area (Å²) in [4.78, 5) is 18.9. The van der Waals surface area contributed by atoms with Crippen LogP contribution >= 0.6 is 0 Å². The van der Waals surface area contributed by atoms with Gasteiger partial charge in [0.2, 0.25) is 0 Å². The summed E-state index contributed by atoms with van der Waals surface area (Å²) in [6.45, 7) is 3.34. The molecule has 0 saturated heterocycles. The molecule has 0 bridgehead atoms. The molecule has 0 heterocycles. The Labute approximate surface area is 162 Å². The molecule has 4 nitrogen and oxygen atoms in total. The fraction of sp³-hybridized carbons (Fsp3) is 0.333. The molecular formula is C9H12CaKO4+. The van der Waals surface area contributed by atoms with Gasteiger partial charge in [0.05, 0.1) is 5.97 Å². The van der Waals surface area contributed by atoms with Crippen molar-refractivity contribution in [3.8, 4) is 0 Å². The van der Waals surface area contributed by atoms with Crippen LogP contribution in [0, 0.1) is 0 Å². The smallest absolute Gasteiger partial charge is 0.550 e. The van der Waals surface area contributed by atoms with Crippen LogP contribution in [-0.4, -0.2) is 49.7 Å². The van der Waals surface area contributed by atoms with Crippen molar-refractivity contribution in [2.24, 2.45) is 0 Å². The average molecular weight is 263 g/mol. The summed E-state index contributed by atoms with van der Waals surface area (Å²) < 4.78 is 0. The van der Waals surface area contributed by atoms with Gasteiger partial charge in [0.15, 0.2) is 0 Å². The van der Waals surface area contributed by atoms with Gasteiger partial charge in [0.25, 0.3) is 0 Å². The summed E-state index contributed by atoms with van der Waals surface area (Å²) >= 11 is 0.